The number of allylic oxidation sites excluding steroid dienone is 2. The third-order valence-electron chi connectivity index (χ3n) is 7.04. The average molecular weight is 493 g/mol. The molecule has 35 heavy (non-hydrogen) atoms. The summed E-state index contributed by atoms with van der Waals surface area (Å²) in [5.41, 5.74) is 0. The van der Waals surface area contributed by atoms with Crippen molar-refractivity contribution < 1.29 is 33.6 Å². The quantitative estimate of drug-likeness (QED) is 0.200. The molecule has 3 heterocycles. The maximum atomic E-state index is 11.7. The fourth-order valence-electron chi connectivity index (χ4n) is 5.48. The molecule has 3 aliphatic rings. The molecule has 0 aromatic carbocycles. The molecule has 2 saturated heterocycles. The molecule has 6 atom stereocenters. The van der Waals surface area contributed by atoms with Crippen LogP contribution in [0.4, 0.5) is 0 Å². The van der Waals surface area contributed by atoms with Crippen LogP contribution in [0.25, 0.3) is 0 Å². The number of esters is 2. The van der Waals surface area contributed by atoms with Crippen LogP contribution in [0, 0.1) is 0 Å². The molecule has 0 radical (unpaired) electrons. The summed E-state index contributed by atoms with van der Waals surface area (Å²) >= 11 is 0. The van der Waals surface area contributed by atoms with Gasteiger partial charge in [-0.2, -0.15) is 0 Å². The Balaban J connectivity index is 1.40. The van der Waals surface area contributed by atoms with Crippen molar-refractivity contribution >= 4 is 11.9 Å². The molecule has 0 amide bonds. The molecule has 0 saturated carbocycles. The Morgan fingerprint density at radius 1 is 1.14 bits per heavy atom. The number of aliphatic hydroxyl groups excluding tert-OH is 1. The minimum atomic E-state index is -0.972. The molecule has 1 N–H and O–H groups in total. The summed E-state index contributed by atoms with van der Waals surface area (Å²) in [6.45, 7) is 3.60. The number of aliphatic hydroxyl groups is 1. The number of fused-ring (bicyclic) bond motifs is 1. The molecule has 7 nitrogen and oxygen atoms in total. The van der Waals surface area contributed by atoms with Crippen molar-refractivity contribution in [3.8, 4) is 0 Å². The average Bonchev–Trinajstić information content (AvgIpc) is 3.12. The van der Waals surface area contributed by atoms with Crippen molar-refractivity contribution in [2.24, 2.45) is 0 Å². The maximum absolute atomic E-state index is 11.7. The number of ether oxygens (including phenoxy) is 4. The van der Waals surface area contributed by atoms with E-state index in [1.54, 1.807) is 6.08 Å². The molecule has 3 aliphatic heterocycles. The molecule has 0 aromatic rings. The van der Waals surface area contributed by atoms with Crippen molar-refractivity contribution in [2.45, 2.75) is 140 Å². The molecular weight excluding hydrogens is 448 g/mol. The van der Waals surface area contributed by atoms with Gasteiger partial charge in [-0.05, 0) is 44.6 Å². The second kappa shape index (κ2) is 14.1. The van der Waals surface area contributed by atoms with E-state index in [1.807, 2.05) is 0 Å². The van der Waals surface area contributed by atoms with E-state index in [0.717, 1.165) is 25.7 Å². The summed E-state index contributed by atoms with van der Waals surface area (Å²) < 4.78 is 23.5. The lowest BCUT2D eigenvalue weighted by Gasteiger charge is -2.41. The van der Waals surface area contributed by atoms with Crippen molar-refractivity contribution in [1.82, 2.24) is 0 Å². The van der Waals surface area contributed by atoms with Gasteiger partial charge in [0.15, 0.2) is 5.79 Å². The van der Waals surface area contributed by atoms with Gasteiger partial charge < -0.3 is 24.1 Å². The second-order valence-electron chi connectivity index (χ2n) is 10.3. The van der Waals surface area contributed by atoms with E-state index < -0.39 is 18.0 Å². The van der Waals surface area contributed by atoms with Gasteiger partial charge in [-0.3, -0.25) is 4.79 Å². The maximum Gasteiger partial charge on any atom is 0.330 e. The van der Waals surface area contributed by atoms with E-state index >= 15 is 0 Å². The van der Waals surface area contributed by atoms with E-state index in [4.69, 9.17) is 18.9 Å². The van der Waals surface area contributed by atoms with Gasteiger partial charge in [-0.1, -0.05) is 51.2 Å². The molecule has 7 heteroatoms. The standard InChI is InChI=1S/C28H44O7/c1-3-4-5-6-7-8-9-10-11-12-13-14-23(32-21(2)29)18-24-17-22(30)19-28(34-24)20-26-25(35-28)15-16-27(31)33-26/h4-5,15-16,22-26,30H,3,6-14,17-20H2,1-2H3/b5-4+/t22-,23-,24+,25-,26-,28+/m0/s1. The third kappa shape index (κ3) is 9.36. The fourth-order valence-corrected chi connectivity index (χ4v) is 5.48. The zero-order chi connectivity index (χ0) is 25.1. The molecule has 2 fully saturated rings. The van der Waals surface area contributed by atoms with Gasteiger partial charge in [0.05, 0.1) is 12.2 Å². The van der Waals surface area contributed by atoms with E-state index in [1.165, 1.54) is 51.5 Å². The van der Waals surface area contributed by atoms with Crippen LogP contribution in [0.15, 0.2) is 24.3 Å². The van der Waals surface area contributed by atoms with Crippen LogP contribution < -0.4 is 0 Å². The van der Waals surface area contributed by atoms with Crippen molar-refractivity contribution in [1.29, 1.82) is 0 Å². The van der Waals surface area contributed by atoms with E-state index in [2.05, 4.69) is 19.1 Å². The fraction of sp³-hybridized carbons (Fsp3) is 0.786. The van der Waals surface area contributed by atoms with Crippen LogP contribution in [0.3, 0.4) is 0 Å². The summed E-state index contributed by atoms with van der Waals surface area (Å²) in [7, 11) is 0. The number of hydrogen-bond donors (Lipinski definition) is 1. The largest absolute Gasteiger partial charge is 0.462 e. The van der Waals surface area contributed by atoms with Crippen LogP contribution in [0.2, 0.25) is 0 Å². The first-order chi connectivity index (χ1) is 16.9. The molecule has 3 rings (SSSR count). The monoisotopic (exact) mass is 492 g/mol. The van der Waals surface area contributed by atoms with Gasteiger partial charge in [-0.15, -0.1) is 0 Å². The number of rotatable bonds is 14. The van der Waals surface area contributed by atoms with E-state index in [-0.39, 0.29) is 30.3 Å². The van der Waals surface area contributed by atoms with Crippen molar-refractivity contribution in [2.75, 3.05) is 0 Å². The van der Waals surface area contributed by atoms with Gasteiger partial charge in [0.25, 0.3) is 0 Å². The van der Waals surface area contributed by atoms with Gasteiger partial charge in [-0.25, -0.2) is 4.79 Å². The predicted octanol–water partition coefficient (Wildman–Crippen LogP) is 5.29. The van der Waals surface area contributed by atoms with E-state index in [9.17, 15) is 14.7 Å². The van der Waals surface area contributed by atoms with Gasteiger partial charge >= 0.3 is 11.9 Å². The highest BCUT2D eigenvalue weighted by Crippen LogP contribution is 2.44. The molecule has 198 valence electrons. The molecule has 1 spiro atoms. The summed E-state index contributed by atoms with van der Waals surface area (Å²) in [4.78, 5) is 23.3. The molecule has 0 unspecified atom stereocenters. The Labute approximate surface area is 210 Å². The minimum absolute atomic E-state index is 0.244. The lowest BCUT2D eigenvalue weighted by molar-refractivity contribution is -0.285. The smallest absolute Gasteiger partial charge is 0.330 e. The first kappa shape index (κ1) is 27.9. The van der Waals surface area contributed by atoms with Crippen LogP contribution >= 0.6 is 0 Å². The zero-order valence-corrected chi connectivity index (χ0v) is 21.5. The van der Waals surface area contributed by atoms with Crippen LogP contribution in [-0.4, -0.2) is 53.4 Å². The zero-order valence-electron chi connectivity index (χ0n) is 21.5. The van der Waals surface area contributed by atoms with Crippen molar-refractivity contribution in [3.63, 3.8) is 0 Å². The topological polar surface area (TPSA) is 91.3 Å². The van der Waals surface area contributed by atoms with Gasteiger partial charge in [0.1, 0.15) is 18.3 Å². The summed E-state index contributed by atoms with van der Waals surface area (Å²) in [6.07, 6.45) is 19.0. The minimum Gasteiger partial charge on any atom is -0.462 e. The summed E-state index contributed by atoms with van der Waals surface area (Å²) in [6, 6.07) is 0. The second-order valence-corrected chi connectivity index (χ2v) is 10.3. The highest BCUT2D eigenvalue weighted by Gasteiger charge is 2.53. The lowest BCUT2D eigenvalue weighted by Crippen LogP contribution is -2.47. The Morgan fingerprint density at radius 2 is 1.89 bits per heavy atom. The first-order valence-electron chi connectivity index (χ1n) is 13.6. The molecule has 0 aromatic heterocycles. The van der Waals surface area contributed by atoms with Crippen LogP contribution in [0.1, 0.15) is 104 Å². The van der Waals surface area contributed by atoms with Crippen molar-refractivity contribution in [3.05, 3.63) is 24.3 Å². The number of hydrogen-bond acceptors (Lipinski definition) is 7. The van der Waals surface area contributed by atoms with E-state index in [0.29, 0.717) is 25.7 Å². The number of carbonyl (C=O) groups excluding carboxylic acids is 2. The Morgan fingerprint density at radius 3 is 2.63 bits per heavy atom. The highest BCUT2D eigenvalue weighted by atomic mass is 16.7. The first-order valence-corrected chi connectivity index (χ1v) is 13.6. The number of unbranched alkanes of at least 4 members (excludes halogenated alkanes) is 7. The SMILES string of the molecule is CC/C=C/CCCCCCCCC[C@@H](C[C@H]1C[C@H](O)C[C@@]2(C[C@@H]3OC(=O)C=C[C@@H]3O2)O1)OC(C)=O. The Hall–Kier alpha value is -1.70. The highest BCUT2D eigenvalue weighted by molar-refractivity contribution is 5.83. The molecule has 0 bridgehead atoms. The van der Waals surface area contributed by atoms with Crippen LogP contribution in [-0.2, 0) is 28.5 Å². The Bertz CT molecular complexity index is 733. The van der Waals surface area contributed by atoms with Gasteiger partial charge in [0, 0.05) is 32.3 Å². The lowest BCUT2D eigenvalue weighted by atomic mass is 9.92. The third-order valence-corrected chi connectivity index (χ3v) is 7.04. The number of carbonyl (C=O) groups is 2. The molecular formula is C28H44O7. The summed E-state index contributed by atoms with van der Waals surface area (Å²) in [5, 5.41) is 10.6. The Kier molecular flexibility index (Phi) is 11.3. The normalized spacial score (nSPS) is 31.0. The predicted molar refractivity (Wildman–Crippen MR) is 133 cm³/mol. The van der Waals surface area contributed by atoms with Crippen LogP contribution in [0.5, 0.6) is 0 Å². The summed E-state index contributed by atoms with van der Waals surface area (Å²) in [5.74, 6) is -1.64. The molecule has 0 aliphatic carbocycles. The van der Waals surface area contributed by atoms with Gasteiger partial charge in [0.2, 0.25) is 0 Å².